The molecule has 0 bridgehead atoms. The molecule has 8 rings (SSSR count). The van der Waals surface area contributed by atoms with E-state index < -0.39 is 46.8 Å². The van der Waals surface area contributed by atoms with Crippen molar-refractivity contribution < 1.29 is 29.0 Å². The van der Waals surface area contributed by atoms with Crippen molar-refractivity contribution in [2.75, 3.05) is 17.4 Å². The minimum atomic E-state index is -1.49. The van der Waals surface area contributed by atoms with Gasteiger partial charge in [0.15, 0.2) is 11.5 Å². The number of phenolic OH excluding ortho intramolecular Hbond substituents is 1. The molecule has 53 heavy (non-hydrogen) atoms. The van der Waals surface area contributed by atoms with Crippen molar-refractivity contribution >= 4 is 72.9 Å². The smallest absolute Gasteiger partial charge is 0.260 e. The number of rotatable bonds is 7. The molecule has 4 aromatic carbocycles. The predicted molar refractivity (Wildman–Crippen MR) is 208 cm³/mol. The molecule has 9 nitrogen and oxygen atoms in total. The Hall–Kier alpha value is -5.00. The highest BCUT2D eigenvalue weighted by atomic mass is 79.9. The molecule has 3 fully saturated rings. The van der Waals surface area contributed by atoms with Crippen LogP contribution in [0, 0.1) is 30.6 Å². The molecular weight excluding hydrogens is 802 g/mol. The SMILES string of the molecule is C=Cc1ccc(N2C(=O)C3CC=C4C(CC5C(=O)N(Nc6ccc(C)cc6)C(=O)C5(c5ccccc5)C4c4cc(OC)c(O)c(Br)c4Br)C3C2=O)cc1. The molecule has 1 saturated carbocycles. The second-order valence-electron chi connectivity index (χ2n) is 14.0. The molecule has 2 aliphatic carbocycles. The fraction of sp³-hybridized carbons (Fsp3) is 0.238. The molecular formula is C42H35Br2N3O6. The highest BCUT2D eigenvalue weighted by molar-refractivity contribution is 9.13. The average Bonchev–Trinajstić information content (AvgIpc) is 3.56. The van der Waals surface area contributed by atoms with Crippen molar-refractivity contribution in [2.45, 2.75) is 31.1 Å². The Morgan fingerprint density at radius 2 is 1.60 bits per heavy atom. The van der Waals surface area contributed by atoms with E-state index in [4.69, 9.17) is 4.74 Å². The summed E-state index contributed by atoms with van der Waals surface area (Å²) < 4.78 is 6.42. The summed E-state index contributed by atoms with van der Waals surface area (Å²) in [6.07, 6.45) is 4.13. The van der Waals surface area contributed by atoms with Crippen LogP contribution in [0.5, 0.6) is 11.5 Å². The summed E-state index contributed by atoms with van der Waals surface area (Å²) in [5, 5.41) is 12.2. The van der Waals surface area contributed by atoms with Gasteiger partial charge in [-0.25, -0.2) is 0 Å². The average molecular weight is 838 g/mol. The summed E-state index contributed by atoms with van der Waals surface area (Å²) in [4.78, 5) is 60.4. The van der Waals surface area contributed by atoms with Gasteiger partial charge in [-0.15, -0.1) is 0 Å². The Kier molecular flexibility index (Phi) is 8.69. The van der Waals surface area contributed by atoms with Crippen LogP contribution in [0.25, 0.3) is 6.08 Å². The number of carbonyl (C=O) groups excluding carboxylic acids is 4. The van der Waals surface area contributed by atoms with Gasteiger partial charge in [-0.2, -0.15) is 5.01 Å². The summed E-state index contributed by atoms with van der Waals surface area (Å²) >= 11 is 7.26. The molecule has 4 amide bonds. The molecule has 0 aromatic heterocycles. The molecule has 0 radical (unpaired) electrons. The van der Waals surface area contributed by atoms with Gasteiger partial charge >= 0.3 is 0 Å². The molecule has 4 aliphatic rings. The number of halogens is 2. The monoisotopic (exact) mass is 835 g/mol. The summed E-state index contributed by atoms with van der Waals surface area (Å²) in [7, 11) is 1.44. The highest BCUT2D eigenvalue weighted by Crippen LogP contribution is 2.65. The third-order valence-electron chi connectivity index (χ3n) is 11.5. The number of allylic oxidation sites excluding steroid dienone is 2. The van der Waals surface area contributed by atoms with Gasteiger partial charge in [0.25, 0.3) is 11.8 Å². The van der Waals surface area contributed by atoms with Crippen LogP contribution in [-0.2, 0) is 24.6 Å². The normalized spacial score (nSPS) is 26.2. The van der Waals surface area contributed by atoms with Crippen LogP contribution in [0.4, 0.5) is 11.4 Å². The van der Waals surface area contributed by atoms with Crippen molar-refractivity contribution in [2.24, 2.45) is 23.7 Å². The fourth-order valence-corrected chi connectivity index (χ4v) is 10.0. The maximum absolute atomic E-state index is 15.4. The zero-order chi connectivity index (χ0) is 37.3. The summed E-state index contributed by atoms with van der Waals surface area (Å²) in [6, 6.07) is 25.5. The number of fused-ring (bicyclic) bond motifs is 4. The molecule has 268 valence electrons. The Labute approximate surface area is 323 Å². The number of nitrogens with one attached hydrogen (secondary N) is 1. The number of hydrazine groups is 1. The fourth-order valence-electron chi connectivity index (χ4n) is 9.08. The van der Waals surface area contributed by atoms with Crippen LogP contribution < -0.4 is 15.1 Å². The summed E-state index contributed by atoms with van der Waals surface area (Å²) in [5.74, 6) is -5.18. The lowest BCUT2D eigenvalue weighted by Crippen LogP contribution is -2.53. The lowest BCUT2D eigenvalue weighted by atomic mass is 9.49. The number of nitrogens with zero attached hydrogens (tertiary/aromatic N) is 2. The van der Waals surface area contributed by atoms with Crippen molar-refractivity contribution in [1.82, 2.24) is 5.01 Å². The molecule has 6 atom stereocenters. The molecule has 6 unspecified atom stereocenters. The van der Waals surface area contributed by atoms with Crippen LogP contribution in [0.15, 0.2) is 112 Å². The number of benzene rings is 4. The first-order chi connectivity index (χ1) is 25.5. The number of anilines is 2. The number of carbonyl (C=O) groups is 4. The van der Waals surface area contributed by atoms with E-state index in [2.05, 4.69) is 43.9 Å². The summed E-state index contributed by atoms with van der Waals surface area (Å²) in [5.41, 5.74) is 6.56. The number of phenols is 1. The van der Waals surface area contributed by atoms with Gasteiger partial charge in [-0.1, -0.05) is 84.5 Å². The molecule has 2 N–H and O–H groups in total. The predicted octanol–water partition coefficient (Wildman–Crippen LogP) is 8.07. The molecule has 11 heteroatoms. The minimum Gasteiger partial charge on any atom is -0.503 e. The third kappa shape index (κ3) is 5.15. The number of amides is 4. The van der Waals surface area contributed by atoms with Gasteiger partial charge in [0.2, 0.25) is 11.8 Å². The first kappa shape index (κ1) is 35.1. The quantitative estimate of drug-likeness (QED) is 0.143. The van der Waals surface area contributed by atoms with Gasteiger partial charge in [-0.3, -0.25) is 29.5 Å². The number of methoxy groups -OCH3 is 1. The van der Waals surface area contributed by atoms with E-state index in [9.17, 15) is 19.5 Å². The largest absolute Gasteiger partial charge is 0.503 e. The number of hydrogen-bond donors (Lipinski definition) is 2. The van der Waals surface area contributed by atoms with Gasteiger partial charge in [0.05, 0.1) is 46.1 Å². The first-order valence-electron chi connectivity index (χ1n) is 17.3. The van der Waals surface area contributed by atoms with Gasteiger partial charge in [0.1, 0.15) is 0 Å². The van der Waals surface area contributed by atoms with Gasteiger partial charge < -0.3 is 9.84 Å². The molecule has 2 heterocycles. The van der Waals surface area contributed by atoms with Gasteiger partial charge in [-0.05, 0) is 105 Å². The molecule has 2 aliphatic heterocycles. The second-order valence-corrected chi connectivity index (χ2v) is 15.6. The maximum Gasteiger partial charge on any atom is 0.260 e. The lowest BCUT2D eigenvalue weighted by molar-refractivity contribution is -0.138. The van der Waals surface area contributed by atoms with E-state index >= 15 is 4.79 Å². The van der Waals surface area contributed by atoms with Gasteiger partial charge in [0, 0.05) is 10.4 Å². The van der Waals surface area contributed by atoms with Crippen LogP contribution in [0.1, 0.15) is 41.0 Å². The topological polar surface area (TPSA) is 116 Å². The van der Waals surface area contributed by atoms with Crippen molar-refractivity contribution in [3.63, 3.8) is 0 Å². The highest BCUT2D eigenvalue weighted by Gasteiger charge is 2.70. The zero-order valence-corrected chi connectivity index (χ0v) is 32.1. The first-order valence-corrected chi connectivity index (χ1v) is 18.9. The van der Waals surface area contributed by atoms with Crippen molar-refractivity contribution in [3.8, 4) is 11.5 Å². The Bertz CT molecular complexity index is 2240. The van der Waals surface area contributed by atoms with E-state index in [1.54, 1.807) is 24.3 Å². The number of aromatic hydroxyl groups is 1. The Morgan fingerprint density at radius 1 is 0.906 bits per heavy atom. The summed E-state index contributed by atoms with van der Waals surface area (Å²) in [6.45, 7) is 5.76. The second kappa shape index (κ2) is 13.1. The zero-order valence-electron chi connectivity index (χ0n) is 28.9. The number of aryl methyl sites for hydroxylation is 1. The molecule has 4 aromatic rings. The Morgan fingerprint density at radius 3 is 2.26 bits per heavy atom. The number of imide groups is 2. The van der Waals surface area contributed by atoms with Crippen LogP contribution >= 0.6 is 31.9 Å². The van der Waals surface area contributed by atoms with E-state index in [0.717, 1.165) is 21.7 Å². The lowest BCUT2D eigenvalue weighted by Gasteiger charge is -2.51. The molecule has 2 saturated heterocycles. The van der Waals surface area contributed by atoms with E-state index in [1.165, 1.54) is 12.0 Å². The van der Waals surface area contributed by atoms with Crippen molar-refractivity contribution in [1.29, 1.82) is 0 Å². The number of ether oxygens (including phenoxy) is 1. The van der Waals surface area contributed by atoms with Crippen molar-refractivity contribution in [3.05, 3.63) is 134 Å². The molecule has 0 spiro atoms. The number of hydrogen-bond acceptors (Lipinski definition) is 7. The van der Waals surface area contributed by atoms with Crippen LogP contribution in [0.2, 0.25) is 0 Å². The van der Waals surface area contributed by atoms with E-state index in [1.807, 2.05) is 79.7 Å². The van der Waals surface area contributed by atoms with E-state index in [0.29, 0.717) is 31.4 Å². The van der Waals surface area contributed by atoms with E-state index in [-0.39, 0.29) is 36.2 Å². The minimum absolute atomic E-state index is 0.135. The third-order valence-corrected chi connectivity index (χ3v) is 13.6. The van der Waals surface area contributed by atoms with Crippen LogP contribution in [-0.4, -0.2) is 40.9 Å². The Balaban J connectivity index is 1.35. The van der Waals surface area contributed by atoms with Crippen LogP contribution in [0.3, 0.4) is 0 Å². The maximum atomic E-state index is 15.4. The standard InChI is InChI=1S/C42H35Br2N3O6/c1-4-23-12-16-26(17-13-23)46-38(49)28-19-18-27-29(33(28)40(46)51)20-31-39(50)47(45-25-14-10-22(2)11-15-25)41(52)42(31,24-8-6-5-7-9-24)34(27)30-21-32(53-3)37(48)36(44)35(30)43/h4-18,21,28-29,31,33-34,45,48H,1,19-20H2,2-3H3.